The number of likely N-dealkylation sites (tertiary alicyclic amines) is 1. The van der Waals surface area contributed by atoms with Crippen molar-refractivity contribution < 1.29 is 13.9 Å². The summed E-state index contributed by atoms with van der Waals surface area (Å²) >= 11 is 0. The van der Waals surface area contributed by atoms with E-state index in [1.807, 2.05) is 42.5 Å². The van der Waals surface area contributed by atoms with Crippen LogP contribution in [0.3, 0.4) is 0 Å². The number of benzene rings is 2. The Morgan fingerprint density at radius 3 is 2.48 bits per heavy atom. The number of rotatable bonds is 4. The number of halogens is 1. The van der Waals surface area contributed by atoms with Crippen molar-refractivity contribution in [3.8, 4) is 5.75 Å². The summed E-state index contributed by atoms with van der Waals surface area (Å²) in [5, 5.41) is 0. The summed E-state index contributed by atoms with van der Waals surface area (Å²) < 4.78 is 25.3. The Morgan fingerprint density at radius 2 is 1.76 bits per heavy atom. The topological polar surface area (TPSA) is 21.7 Å². The van der Waals surface area contributed by atoms with Gasteiger partial charge in [-0.15, -0.1) is 0 Å². The van der Waals surface area contributed by atoms with E-state index >= 15 is 0 Å². The van der Waals surface area contributed by atoms with Gasteiger partial charge >= 0.3 is 0 Å². The Kier molecular flexibility index (Phi) is 4.73. The molecule has 0 amide bonds. The molecule has 0 N–H and O–H groups in total. The first-order valence-electron chi connectivity index (χ1n) is 9.03. The first-order valence-corrected chi connectivity index (χ1v) is 9.03. The SMILES string of the molecule is Fc1ccc(CN2CCC3(CC2)CC(Oc2ccccc2)CO3)cc1. The molecule has 0 saturated carbocycles. The van der Waals surface area contributed by atoms with Crippen LogP contribution in [0.4, 0.5) is 4.39 Å². The molecule has 1 spiro atoms. The van der Waals surface area contributed by atoms with Gasteiger partial charge in [0.1, 0.15) is 17.7 Å². The van der Waals surface area contributed by atoms with E-state index in [2.05, 4.69) is 4.90 Å². The molecule has 25 heavy (non-hydrogen) atoms. The van der Waals surface area contributed by atoms with Crippen LogP contribution in [0.1, 0.15) is 24.8 Å². The van der Waals surface area contributed by atoms with E-state index in [1.54, 1.807) is 0 Å². The van der Waals surface area contributed by atoms with Crippen LogP contribution in [0.25, 0.3) is 0 Å². The molecule has 2 aromatic rings. The van der Waals surface area contributed by atoms with Gasteiger partial charge in [-0.1, -0.05) is 30.3 Å². The molecule has 4 rings (SSSR count). The van der Waals surface area contributed by atoms with Gasteiger partial charge < -0.3 is 9.47 Å². The van der Waals surface area contributed by atoms with Gasteiger partial charge in [0.05, 0.1) is 12.2 Å². The maximum absolute atomic E-state index is 13.0. The van der Waals surface area contributed by atoms with Crippen LogP contribution in [0, 0.1) is 5.82 Å². The molecular weight excluding hydrogens is 317 g/mol. The van der Waals surface area contributed by atoms with Gasteiger partial charge in [-0.2, -0.15) is 0 Å². The molecule has 2 aliphatic heterocycles. The van der Waals surface area contributed by atoms with Crippen LogP contribution in [-0.2, 0) is 11.3 Å². The maximum atomic E-state index is 13.0. The zero-order valence-corrected chi connectivity index (χ0v) is 14.4. The molecule has 4 heteroatoms. The van der Waals surface area contributed by atoms with E-state index in [4.69, 9.17) is 9.47 Å². The van der Waals surface area contributed by atoms with E-state index in [0.717, 1.165) is 50.2 Å². The smallest absolute Gasteiger partial charge is 0.125 e. The Labute approximate surface area is 148 Å². The van der Waals surface area contributed by atoms with Gasteiger partial charge in [0.15, 0.2) is 0 Å². The highest BCUT2D eigenvalue weighted by atomic mass is 19.1. The molecule has 2 aliphatic rings. The van der Waals surface area contributed by atoms with E-state index < -0.39 is 0 Å². The molecule has 2 aromatic carbocycles. The standard InChI is InChI=1S/C21H24FNO2/c22-18-8-6-17(7-9-18)15-23-12-10-21(11-13-23)14-20(16-24-21)25-19-4-2-1-3-5-19/h1-9,20H,10-16H2. The molecule has 3 nitrogen and oxygen atoms in total. The van der Waals surface area contributed by atoms with Crippen LogP contribution in [0.2, 0.25) is 0 Å². The lowest BCUT2D eigenvalue weighted by atomic mass is 9.88. The summed E-state index contributed by atoms with van der Waals surface area (Å²) in [5.74, 6) is 0.743. The molecule has 0 bridgehead atoms. The third kappa shape index (κ3) is 4.02. The summed E-state index contributed by atoms with van der Waals surface area (Å²) in [7, 11) is 0. The number of piperidine rings is 1. The zero-order chi connectivity index (χ0) is 17.1. The Morgan fingerprint density at radius 1 is 1.04 bits per heavy atom. The highest BCUT2D eigenvalue weighted by molar-refractivity contribution is 5.21. The molecule has 2 fully saturated rings. The normalized spacial score (nSPS) is 23.0. The Bertz CT molecular complexity index is 681. The van der Waals surface area contributed by atoms with Crippen molar-refractivity contribution in [2.24, 2.45) is 0 Å². The van der Waals surface area contributed by atoms with Crippen LogP contribution in [0.15, 0.2) is 54.6 Å². The first kappa shape index (κ1) is 16.6. The van der Waals surface area contributed by atoms with Gasteiger partial charge in [0.2, 0.25) is 0 Å². The molecular formula is C21H24FNO2. The fraction of sp³-hybridized carbons (Fsp3) is 0.429. The van der Waals surface area contributed by atoms with Crippen LogP contribution < -0.4 is 4.74 Å². The summed E-state index contributed by atoms with van der Waals surface area (Å²) in [5.41, 5.74) is 1.13. The molecule has 2 saturated heterocycles. The summed E-state index contributed by atoms with van der Waals surface area (Å²) in [4.78, 5) is 2.42. The molecule has 1 unspecified atom stereocenters. The minimum atomic E-state index is -0.176. The van der Waals surface area contributed by atoms with Crippen molar-refractivity contribution in [3.63, 3.8) is 0 Å². The lowest BCUT2D eigenvalue weighted by Gasteiger charge is -2.38. The highest BCUT2D eigenvalue weighted by Crippen LogP contribution is 2.37. The van der Waals surface area contributed by atoms with Gasteiger partial charge in [-0.05, 0) is 42.7 Å². The minimum Gasteiger partial charge on any atom is -0.488 e. The number of nitrogens with zero attached hydrogens (tertiary/aromatic N) is 1. The summed E-state index contributed by atoms with van der Waals surface area (Å²) in [6, 6.07) is 16.8. The lowest BCUT2D eigenvalue weighted by Crippen LogP contribution is -2.44. The minimum absolute atomic E-state index is 0.0290. The van der Waals surface area contributed by atoms with Crippen molar-refractivity contribution in [1.82, 2.24) is 4.90 Å². The predicted octanol–water partition coefficient (Wildman–Crippen LogP) is 4.03. The van der Waals surface area contributed by atoms with Gasteiger partial charge in [0.25, 0.3) is 0 Å². The molecule has 0 radical (unpaired) electrons. The van der Waals surface area contributed by atoms with Crippen molar-refractivity contribution in [2.45, 2.75) is 37.5 Å². The van der Waals surface area contributed by atoms with E-state index in [9.17, 15) is 4.39 Å². The Hall–Kier alpha value is -1.91. The fourth-order valence-electron chi connectivity index (χ4n) is 3.88. The van der Waals surface area contributed by atoms with Gasteiger partial charge in [-0.3, -0.25) is 4.90 Å². The van der Waals surface area contributed by atoms with E-state index in [1.165, 1.54) is 12.1 Å². The summed E-state index contributed by atoms with van der Waals surface area (Å²) in [6.07, 6.45) is 3.17. The van der Waals surface area contributed by atoms with E-state index in [0.29, 0.717) is 6.61 Å². The van der Waals surface area contributed by atoms with Crippen molar-refractivity contribution in [2.75, 3.05) is 19.7 Å². The average molecular weight is 341 g/mol. The highest BCUT2D eigenvalue weighted by Gasteiger charge is 2.43. The molecule has 0 aromatic heterocycles. The molecule has 132 valence electrons. The second-order valence-corrected chi connectivity index (χ2v) is 7.15. The van der Waals surface area contributed by atoms with Crippen LogP contribution in [-0.4, -0.2) is 36.3 Å². The largest absolute Gasteiger partial charge is 0.488 e. The quantitative estimate of drug-likeness (QED) is 0.838. The van der Waals surface area contributed by atoms with E-state index in [-0.39, 0.29) is 17.5 Å². The second kappa shape index (κ2) is 7.14. The third-order valence-electron chi connectivity index (χ3n) is 5.31. The fourth-order valence-corrected chi connectivity index (χ4v) is 3.88. The summed E-state index contributed by atoms with van der Waals surface area (Å²) in [6.45, 7) is 3.57. The Balaban J connectivity index is 1.29. The third-order valence-corrected chi connectivity index (χ3v) is 5.31. The van der Waals surface area contributed by atoms with Crippen LogP contribution in [0.5, 0.6) is 5.75 Å². The van der Waals surface area contributed by atoms with Gasteiger partial charge in [0, 0.05) is 26.1 Å². The molecule has 2 heterocycles. The maximum Gasteiger partial charge on any atom is 0.125 e. The first-order chi connectivity index (χ1) is 12.2. The monoisotopic (exact) mass is 341 g/mol. The zero-order valence-electron chi connectivity index (χ0n) is 14.4. The average Bonchev–Trinajstić information content (AvgIpc) is 3.02. The second-order valence-electron chi connectivity index (χ2n) is 7.15. The van der Waals surface area contributed by atoms with Gasteiger partial charge in [-0.25, -0.2) is 4.39 Å². The van der Waals surface area contributed by atoms with Crippen LogP contribution >= 0.6 is 0 Å². The predicted molar refractivity (Wildman–Crippen MR) is 95.1 cm³/mol. The number of ether oxygens (including phenoxy) is 2. The molecule has 0 aliphatic carbocycles. The van der Waals surface area contributed by atoms with Crippen molar-refractivity contribution in [3.05, 3.63) is 66.0 Å². The lowest BCUT2D eigenvalue weighted by molar-refractivity contribution is -0.0454. The number of para-hydroxylation sites is 1. The van der Waals surface area contributed by atoms with Crippen molar-refractivity contribution in [1.29, 1.82) is 0 Å². The van der Waals surface area contributed by atoms with Crippen molar-refractivity contribution >= 4 is 0 Å². The molecule has 1 atom stereocenters. The number of hydrogen-bond donors (Lipinski definition) is 0. The number of hydrogen-bond acceptors (Lipinski definition) is 3.